The van der Waals surface area contributed by atoms with Gasteiger partial charge in [-0.2, -0.15) is 0 Å². The third kappa shape index (κ3) is 1.65. The van der Waals surface area contributed by atoms with Gasteiger partial charge in [0.1, 0.15) is 6.10 Å². The molecule has 0 spiro atoms. The first-order valence-corrected chi connectivity index (χ1v) is 4.07. The smallest absolute Gasteiger partial charge is 0.179 e. The van der Waals surface area contributed by atoms with Crippen molar-refractivity contribution >= 4 is 6.29 Å². The van der Waals surface area contributed by atoms with Gasteiger partial charge in [-0.05, 0) is 13.8 Å². The summed E-state index contributed by atoms with van der Waals surface area (Å²) in [5.74, 6) is -0.859. The van der Waals surface area contributed by atoms with E-state index >= 15 is 0 Å². The predicted molar refractivity (Wildman–Crippen MR) is 46.1 cm³/mol. The molecule has 0 radical (unpaired) electrons. The van der Waals surface area contributed by atoms with Gasteiger partial charge in [0.05, 0.1) is 6.61 Å². The van der Waals surface area contributed by atoms with Crippen LogP contribution in [0.2, 0.25) is 0 Å². The number of ether oxygens (including phenoxy) is 2. The van der Waals surface area contributed by atoms with E-state index in [1.807, 2.05) is 0 Å². The SMILES string of the molecule is C=C[C@H]1OC(C)(C)O[C@]1(C=O)CO. The van der Waals surface area contributed by atoms with Crippen LogP contribution in [0.25, 0.3) is 0 Å². The molecule has 1 saturated heterocycles. The van der Waals surface area contributed by atoms with Crippen molar-refractivity contribution < 1.29 is 19.4 Å². The van der Waals surface area contributed by atoms with Crippen LogP contribution in [0, 0.1) is 0 Å². The molecule has 0 aromatic carbocycles. The van der Waals surface area contributed by atoms with Crippen LogP contribution >= 0.6 is 0 Å². The van der Waals surface area contributed by atoms with E-state index in [9.17, 15) is 4.79 Å². The van der Waals surface area contributed by atoms with Crippen molar-refractivity contribution in [3.8, 4) is 0 Å². The quantitative estimate of drug-likeness (QED) is 0.507. The highest BCUT2D eigenvalue weighted by Gasteiger charge is 2.51. The Morgan fingerprint density at radius 1 is 1.62 bits per heavy atom. The minimum absolute atomic E-state index is 0.406. The summed E-state index contributed by atoms with van der Waals surface area (Å²) in [6.07, 6.45) is 1.43. The largest absolute Gasteiger partial charge is 0.393 e. The van der Waals surface area contributed by atoms with E-state index in [1.165, 1.54) is 6.08 Å². The summed E-state index contributed by atoms with van der Waals surface area (Å²) in [5, 5.41) is 9.07. The van der Waals surface area contributed by atoms with E-state index in [2.05, 4.69) is 6.58 Å². The Balaban J connectivity index is 2.96. The molecule has 0 unspecified atom stereocenters. The number of aldehydes is 1. The zero-order valence-electron chi connectivity index (χ0n) is 7.82. The van der Waals surface area contributed by atoms with Crippen molar-refractivity contribution in [2.45, 2.75) is 31.3 Å². The molecule has 0 aliphatic carbocycles. The van der Waals surface area contributed by atoms with Crippen molar-refractivity contribution in [1.82, 2.24) is 0 Å². The Morgan fingerprint density at radius 2 is 2.23 bits per heavy atom. The molecular weight excluding hydrogens is 172 g/mol. The van der Waals surface area contributed by atoms with Gasteiger partial charge in [0.25, 0.3) is 0 Å². The van der Waals surface area contributed by atoms with Crippen LogP contribution in [0.1, 0.15) is 13.8 Å². The number of carbonyl (C=O) groups is 1. The highest BCUT2D eigenvalue weighted by atomic mass is 16.8. The topological polar surface area (TPSA) is 55.8 Å². The lowest BCUT2D eigenvalue weighted by molar-refractivity contribution is -0.171. The molecule has 1 aliphatic rings. The minimum Gasteiger partial charge on any atom is -0.393 e. The summed E-state index contributed by atoms with van der Waals surface area (Å²) < 4.78 is 10.7. The molecule has 4 heteroatoms. The van der Waals surface area contributed by atoms with Gasteiger partial charge in [-0.1, -0.05) is 6.08 Å². The van der Waals surface area contributed by atoms with Gasteiger partial charge in [0, 0.05) is 0 Å². The second kappa shape index (κ2) is 3.21. The molecule has 1 heterocycles. The maximum Gasteiger partial charge on any atom is 0.179 e. The molecule has 4 nitrogen and oxygen atoms in total. The summed E-state index contributed by atoms with van der Waals surface area (Å²) in [4.78, 5) is 10.8. The molecule has 1 rings (SSSR count). The highest BCUT2D eigenvalue weighted by Crippen LogP contribution is 2.35. The van der Waals surface area contributed by atoms with Crippen LogP contribution < -0.4 is 0 Å². The van der Waals surface area contributed by atoms with Gasteiger partial charge in [0.2, 0.25) is 0 Å². The lowest BCUT2D eigenvalue weighted by atomic mass is 10.0. The van der Waals surface area contributed by atoms with E-state index in [0.29, 0.717) is 6.29 Å². The summed E-state index contributed by atoms with van der Waals surface area (Å²) in [7, 11) is 0. The monoisotopic (exact) mass is 186 g/mol. The lowest BCUT2D eigenvalue weighted by Crippen LogP contribution is -2.44. The first-order valence-electron chi connectivity index (χ1n) is 4.07. The number of hydrogen-bond acceptors (Lipinski definition) is 4. The predicted octanol–water partition coefficient (Wildman–Crippen LogP) is 0.254. The number of hydrogen-bond donors (Lipinski definition) is 1. The molecule has 0 amide bonds. The van der Waals surface area contributed by atoms with Gasteiger partial charge in [-0.3, -0.25) is 4.79 Å². The van der Waals surface area contributed by atoms with E-state index in [0.717, 1.165) is 0 Å². The van der Waals surface area contributed by atoms with Crippen LogP contribution in [0.4, 0.5) is 0 Å². The fraction of sp³-hybridized carbons (Fsp3) is 0.667. The first-order chi connectivity index (χ1) is 5.99. The second-order valence-electron chi connectivity index (χ2n) is 3.51. The molecule has 1 fully saturated rings. The van der Waals surface area contributed by atoms with Crippen molar-refractivity contribution in [2.24, 2.45) is 0 Å². The molecular formula is C9H14O4. The zero-order chi connectivity index (χ0) is 10.1. The Hall–Kier alpha value is -0.710. The average molecular weight is 186 g/mol. The van der Waals surface area contributed by atoms with Crippen molar-refractivity contribution in [3.63, 3.8) is 0 Å². The molecule has 0 aromatic heterocycles. The van der Waals surface area contributed by atoms with E-state index in [4.69, 9.17) is 14.6 Å². The Kier molecular flexibility index (Phi) is 2.56. The lowest BCUT2D eigenvalue weighted by Gasteiger charge is -2.22. The molecule has 0 bridgehead atoms. The molecule has 13 heavy (non-hydrogen) atoms. The summed E-state index contributed by atoms with van der Waals surface area (Å²) in [5.41, 5.74) is -1.29. The van der Waals surface area contributed by atoms with Crippen molar-refractivity contribution in [1.29, 1.82) is 0 Å². The molecule has 1 N–H and O–H groups in total. The molecule has 74 valence electrons. The van der Waals surface area contributed by atoms with Crippen molar-refractivity contribution in [2.75, 3.05) is 6.61 Å². The molecule has 0 aromatic rings. The van der Waals surface area contributed by atoms with Crippen LogP contribution in [0.5, 0.6) is 0 Å². The van der Waals surface area contributed by atoms with Crippen LogP contribution in [0.3, 0.4) is 0 Å². The van der Waals surface area contributed by atoms with E-state index in [1.54, 1.807) is 13.8 Å². The zero-order valence-corrected chi connectivity index (χ0v) is 7.82. The number of aliphatic hydroxyl groups is 1. The number of rotatable bonds is 3. The van der Waals surface area contributed by atoms with Gasteiger partial charge < -0.3 is 14.6 Å². The first kappa shape index (κ1) is 10.4. The maximum absolute atomic E-state index is 10.8. The van der Waals surface area contributed by atoms with E-state index in [-0.39, 0.29) is 0 Å². The van der Waals surface area contributed by atoms with Crippen molar-refractivity contribution in [3.05, 3.63) is 12.7 Å². The molecule has 2 atom stereocenters. The summed E-state index contributed by atoms with van der Waals surface area (Å²) >= 11 is 0. The Labute approximate surface area is 77.1 Å². The minimum atomic E-state index is -1.29. The average Bonchev–Trinajstić information content (AvgIpc) is 2.37. The second-order valence-corrected chi connectivity index (χ2v) is 3.51. The number of aliphatic hydroxyl groups excluding tert-OH is 1. The Bertz CT molecular complexity index is 224. The van der Waals surface area contributed by atoms with Crippen LogP contribution in [-0.4, -0.2) is 35.5 Å². The Morgan fingerprint density at radius 3 is 2.54 bits per heavy atom. The number of carbonyl (C=O) groups excluding carboxylic acids is 1. The highest BCUT2D eigenvalue weighted by molar-refractivity contribution is 5.65. The third-order valence-corrected chi connectivity index (χ3v) is 1.99. The standard InChI is InChI=1S/C9H14O4/c1-4-7-9(5-10,6-11)13-8(2,3)12-7/h4-5,7,11H,1,6H2,2-3H3/t7-,9-/m1/s1. The van der Waals surface area contributed by atoms with Gasteiger partial charge in [-0.15, -0.1) is 6.58 Å². The fourth-order valence-corrected chi connectivity index (χ4v) is 1.44. The molecule has 0 saturated carbocycles. The molecule has 1 aliphatic heterocycles. The van der Waals surface area contributed by atoms with Crippen LogP contribution in [-0.2, 0) is 14.3 Å². The van der Waals surface area contributed by atoms with Gasteiger partial charge in [0.15, 0.2) is 17.7 Å². The summed E-state index contributed by atoms with van der Waals surface area (Å²) in [6.45, 7) is 6.49. The maximum atomic E-state index is 10.8. The van der Waals surface area contributed by atoms with Gasteiger partial charge >= 0.3 is 0 Å². The normalized spacial score (nSPS) is 37.3. The van der Waals surface area contributed by atoms with Gasteiger partial charge in [-0.25, -0.2) is 0 Å². The van der Waals surface area contributed by atoms with Crippen LogP contribution in [0.15, 0.2) is 12.7 Å². The third-order valence-electron chi connectivity index (χ3n) is 1.99. The summed E-state index contributed by atoms with van der Waals surface area (Å²) in [6, 6.07) is 0. The van der Waals surface area contributed by atoms with E-state index < -0.39 is 24.1 Å². The fourth-order valence-electron chi connectivity index (χ4n) is 1.44.